The van der Waals surface area contributed by atoms with E-state index in [1.165, 1.54) is 0 Å². The zero-order valence-electron chi connectivity index (χ0n) is 9.16. The van der Waals surface area contributed by atoms with E-state index in [2.05, 4.69) is 10.1 Å². The molecule has 0 saturated carbocycles. The van der Waals surface area contributed by atoms with Crippen molar-refractivity contribution < 1.29 is 13.9 Å². The van der Waals surface area contributed by atoms with E-state index in [-0.39, 0.29) is 0 Å². The zero-order valence-corrected chi connectivity index (χ0v) is 9.16. The fourth-order valence-electron chi connectivity index (χ4n) is 0.985. The van der Waals surface area contributed by atoms with Crippen LogP contribution in [0.1, 0.15) is 13.3 Å². The first-order chi connectivity index (χ1) is 8.04. The van der Waals surface area contributed by atoms with Gasteiger partial charge in [-0.1, -0.05) is 6.92 Å². The zero-order chi connectivity index (χ0) is 12.8. The highest BCUT2D eigenvalue weighted by molar-refractivity contribution is 5.66. The van der Waals surface area contributed by atoms with Gasteiger partial charge in [0.2, 0.25) is 5.82 Å². The number of nitrogens with one attached hydrogen (secondary N) is 2. The van der Waals surface area contributed by atoms with Gasteiger partial charge in [0, 0.05) is 6.54 Å². The second-order valence-corrected chi connectivity index (χ2v) is 3.19. The van der Waals surface area contributed by atoms with Crippen molar-refractivity contribution in [2.75, 3.05) is 6.54 Å². The Labute approximate surface area is 95.2 Å². The first kappa shape index (κ1) is 12.9. The lowest BCUT2D eigenvalue weighted by molar-refractivity contribution is 0.111. The summed E-state index contributed by atoms with van der Waals surface area (Å²) in [5, 5.41) is 2.41. The van der Waals surface area contributed by atoms with E-state index in [1.807, 2.05) is 6.92 Å². The molecule has 94 valence electrons. The van der Waals surface area contributed by atoms with E-state index in [0.717, 1.165) is 11.0 Å². The monoisotopic (exact) mass is 245 g/mol. The first-order valence-electron chi connectivity index (χ1n) is 4.94. The molecule has 0 spiro atoms. The minimum Gasteiger partial charge on any atom is -0.428 e. The molecule has 0 aliphatic heterocycles. The summed E-state index contributed by atoms with van der Waals surface area (Å²) < 4.78 is 18.2. The number of ether oxygens (including phenoxy) is 1. The van der Waals surface area contributed by atoms with Gasteiger partial charge in [-0.05, 0) is 6.42 Å². The summed E-state index contributed by atoms with van der Waals surface area (Å²) in [6.45, 7) is 1.83. The van der Waals surface area contributed by atoms with Crippen molar-refractivity contribution in [1.29, 1.82) is 0 Å². The molecular formula is C9H12FN3O4. The maximum absolute atomic E-state index is 12.8. The highest BCUT2D eigenvalue weighted by Crippen LogP contribution is 1.87. The van der Waals surface area contributed by atoms with Gasteiger partial charge in [0.1, 0.15) is 0 Å². The van der Waals surface area contributed by atoms with E-state index in [0.29, 0.717) is 12.7 Å². The molecule has 7 nitrogen and oxygen atoms in total. The van der Waals surface area contributed by atoms with Crippen LogP contribution in [0.15, 0.2) is 15.8 Å². The number of H-pyrrole nitrogens is 1. The van der Waals surface area contributed by atoms with Gasteiger partial charge in [0.25, 0.3) is 5.56 Å². The molecule has 2 N–H and O–H groups in total. The van der Waals surface area contributed by atoms with Gasteiger partial charge in [-0.25, -0.2) is 9.59 Å². The Morgan fingerprint density at radius 3 is 2.94 bits per heavy atom. The molecule has 17 heavy (non-hydrogen) atoms. The van der Waals surface area contributed by atoms with Crippen LogP contribution in [-0.2, 0) is 11.5 Å². The van der Waals surface area contributed by atoms with Crippen LogP contribution in [0.4, 0.5) is 9.18 Å². The molecule has 0 unspecified atom stereocenters. The highest BCUT2D eigenvalue weighted by atomic mass is 19.1. The van der Waals surface area contributed by atoms with Crippen molar-refractivity contribution in [3.05, 3.63) is 32.9 Å². The molecule has 0 aliphatic carbocycles. The van der Waals surface area contributed by atoms with Gasteiger partial charge in [-0.15, -0.1) is 0 Å². The molecule has 0 atom stereocenters. The number of nitrogens with zero attached hydrogens (tertiary/aromatic N) is 1. The summed E-state index contributed by atoms with van der Waals surface area (Å²) in [6.07, 6.45) is 0.696. The Bertz CT molecular complexity index is 508. The molecule has 0 saturated heterocycles. The summed E-state index contributed by atoms with van der Waals surface area (Å²) >= 11 is 0. The van der Waals surface area contributed by atoms with Crippen molar-refractivity contribution in [3.8, 4) is 0 Å². The standard InChI is InChI=1S/C9H12FN3O4/c1-2-3-11-9(16)17-5-13-4-6(10)7(14)12-8(13)15/h4H,2-3,5H2,1H3,(H,11,16)(H,12,14,15). The van der Waals surface area contributed by atoms with Crippen LogP contribution in [0.2, 0.25) is 0 Å². The minimum absolute atomic E-state index is 0.438. The summed E-state index contributed by atoms with van der Waals surface area (Å²) in [5.41, 5.74) is -1.96. The maximum Gasteiger partial charge on any atom is 0.408 e. The number of rotatable bonds is 4. The molecule has 0 aromatic carbocycles. The van der Waals surface area contributed by atoms with Crippen LogP contribution >= 0.6 is 0 Å². The molecule has 0 radical (unpaired) electrons. The molecule has 1 rings (SSSR count). The predicted molar refractivity (Wildman–Crippen MR) is 56.1 cm³/mol. The van der Waals surface area contributed by atoms with Gasteiger partial charge >= 0.3 is 11.8 Å². The minimum atomic E-state index is -1.12. The van der Waals surface area contributed by atoms with E-state index < -0.39 is 29.9 Å². The summed E-state index contributed by atoms with van der Waals surface area (Å²) in [4.78, 5) is 34.6. The predicted octanol–water partition coefficient (Wildman–Crippen LogP) is -0.231. The third-order valence-corrected chi connectivity index (χ3v) is 1.82. The van der Waals surface area contributed by atoms with Crippen LogP contribution in [0.25, 0.3) is 0 Å². The maximum atomic E-state index is 12.8. The van der Waals surface area contributed by atoms with Crippen molar-refractivity contribution in [2.45, 2.75) is 20.1 Å². The number of carbonyl (C=O) groups is 1. The van der Waals surface area contributed by atoms with Gasteiger partial charge in [-0.3, -0.25) is 14.3 Å². The molecule has 0 aliphatic rings. The number of amides is 1. The van der Waals surface area contributed by atoms with E-state index in [1.54, 1.807) is 4.98 Å². The van der Waals surface area contributed by atoms with Crippen molar-refractivity contribution in [3.63, 3.8) is 0 Å². The topological polar surface area (TPSA) is 93.2 Å². The number of hydrogen-bond donors (Lipinski definition) is 2. The molecular weight excluding hydrogens is 233 g/mol. The number of carbonyl (C=O) groups excluding carboxylic acids is 1. The second kappa shape index (κ2) is 5.83. The quantitative estimate of drug-likeness (QED) is 0.766. The molecule has 1 heterocycles. The van der Waals surface area contributed by atoms with Gasteiger partial charge in [0.15, 0.2) is 6.73 Å². The van der Waals surface area contributed by atoms with Crippen LogP contribution in [0, 0.1) is 5.82 Å². The molecule has 1 aromatic heterocycles. The number of halogens is 1. The summed E-state index contributed by atoms with van der Waals surface area (Å²) in [5.74, 6) is -1.12. The fraction of sp³-hybridized carbons (Fsp3) is 0.444. The summed E-state index contributed by atoms with van der Waals surface area (Å²) in [6, 6.07) is 0. The molecule has 0 fully saturated rings. The number of aromatic nitrogens is 2. The smallest absolute Gasteiger partial charge is 0.408 e. The molecule has 1 amide bonds. The lowest BCUT2D eigenvalue weighted by Gasteiger charge is -2.07. The average Bonchev–Trinajstić information content (AvgIpc) is 2.29. The van der Waals surface area contributed by atoms with Gasteiger partial charge in [0.05, 0.1) is 6.20 Å². The van der Waals surface area contributed by atoms with E-state index >= 15 is 0 Å². The Kier molecular flexibility index (Phi) is 4.44. The molecule has 0 bridgehead atoms. The third kappa shape index (κ3) is 3.74. The van der Waals surface area contributed by atoms with E-state index in [9.17, 15) is 18.8 Å². The normalized spacial score (nSPS) is 10.0. The van der Waals surface area contributed by atoms with Crippen molar-refractivity contribution >= 4 is 6.09 Å². The van der Waals surface area contributed by atoms with Crippen LogP contribution in [0.3, 0.4) is 0 Å². The van der Waals surface area contributed by atoms with Crippen LogP contribution in [0.5, 0.6) is 0 Å². The Morgan fingerprint density at radius 1 is 1.59 bits per heavy atom. The molecule has 8 heteroatoms. The second-order valence-electron chi connectivity index (χ2n) is 3.19. The van der Waals surface area contributed by atoms with Crippen LogP contribution < -0.4 is 16.6 Å². The third-order valence-electron chi connectivity index (χ3n) is 1.82. The Balaban J connectivity index is 2.64. The van der Waals surface area contributed by atoms with Gasteiger partial charge < -0.3 is 10.1 Å². The Morgan fingerprint density at radius 2 is 2.29 bits per heavy atom. The lowest BCUT2D eigenvalue weighted by atomic mass is 10.5. The summed E-state index contributed by atoms with van der Waals surface area (Å²) in [7, 11) is 0. The van der Waals surface area contributed by atoms with Crippen molar-refractivity contribution in [2.24, 2.45) is 0 Å². The lowest BCUT2D eigenvalue weighted by Crippen LogP contribution is -2.34. The SMILES string of the molecule is CCCNC(=O)OCn1cc(F)c(=O)[nH]c1=O. The fourth-order valence-corrected chi connectivity index (χ4v) is 0.985. The van der Waals surface area contributed by atoms with Crippen LogP contribution in [-0.4, -0.2) is 22.2 Å². The molecule has 1 aromatic rings. The number of alkyl carbamates (subject to hydrolysis) is 1. The van der Waals surface area contributed by atoms with E-state index in [4.69, 9.17) is 0 Å². The highest BCUT2D eigenvalue weighted by Gasteiger charge is 2.05. The van der Waals surface area contributed by atoms with Crippen molar-refractivity contribution in [1.82, 2.24) is 14.9 Å². The van der Waals surface area contributed by atoms with Gasteiger partial charge in [-0.2, -0.15) is 4.39 Å². The average molecular weight is 245 g/mol. The first-order valence-corrected chi connectivity index (χ1v) is 4.94. The number of hydrogen-bond acceptors (Lipinski definition) is 4. The number of aromatic amines is 1. The Hall–Kier alpha value is -2.12. The largest absolute Gasteiger partial charge is 0.428 e.